The zero-order valence-corrected chi connectivity index (χ0v) is 19.3. The molecule has 0 saturated carbocycles. The molecule has 170 valence electrons. The van der Waals surface area contributed by atoms with E-state index in [-0.39, 0.29) is 5.97 Å². The molecule has 0 rings (SSSR count). The maximum Gasteiger partial charge on any atom is 0.333 e. The molecule has 1 amide bonds. The van der Waals surface area contributed by atoms with Crippen molar-refractivity contribution in [1.29, 1.82) is 0 Å². The van der Waals surface area contributed by atoms with Gasteiger partial charge in [0.25, 0.3) is 0 Å². The lowest BCUT2D eigenvalue weighted by molar-refractivity contribution is -0.139. The fourth-order valence-electron chi connectivity index (χ4n) is 2.94. The molecule has 0 radical (unpaired) electrons. The lowest BCUT2D eigenvalue weighted by Gasteiger charge is -2.05. The quantitative estimate of drug-likeness (QED) is 0.141. The van der Waals surface area contributed by atoms with Crippen molar-refractivity contribution in [2.75, 3.05) is 6.61 Å². The maximum absolute atomic E-state index is 11.2. The summed E-state index contributed by atoms with van der Waals surface area (Å²) >= 11 is 0. The number of nitrogens with two attached hydrogens (primary N) is 1. The number of hydrogen-bond donors (Lipinski definition) is 1. The van der Waals surface area contributed by atoms with E-state index in [1.54, 1.807) is 6.92 Å². The zero-order valence-electron chi connectivity index (χ0n) is 19.3. The Morgan fingerprint density at radius 3 is 1.34 bits per heavy atom. The van der Waals surface area contributed by atoms with Gasteiger partial charge in [-0.25, -0.2) is 4.79 Å². The molecule has 0 aliphatic carbocycles. The average molecular weight is 410 g/mol. The molecule has 0 aromatic rings. The van der Waals surface area contributed by atoms with Crippen LogP contribution in [-0.2, 0) is 14.3 Å². The smallest absolute Gasteiger partial charge is 0.333 e. The first-order valence-corrected chi connectivity index (χ1v) is 11.7. The lowest BCUT2D eigenvalue weighted by Crippen LogP contribution is -2.05. The summed E-state index contributed by atoms with van der Waals surface area (Å²) in [6.07, 6.45) is 22.8. The average Bonchev–Trinajstić information content (AvgIpc) is 2.70. The largest absolute Gasteiger partial charge is 0.462 e. The van der Waals surface area contributed by atoms with Gasteiger partial charge in [-0.3, -0.25) is 4.79 Å². The topological polar surface area (TPSA) is 69.4 Å². The minimum Gasteiger partial charge on any atom is -0.462 e. The summed E-state index contributed by atoms with van der Waals surface area (Å²) in [5.74, 6) is -0.735. The number of carbonyl (C=O) groups is 2. The Labute approximate surface area is 180 Å². The zero-order chi connectivity index (χ0) is 22.2. The Balaban J connectivity index is 0. The predicted octanol–water partition coefficient (Wildman–Crippen LogP) is 7.02. The third kappa shape index (κ3) is 28.7. The van der Waals surface area contributed by atoms with Gasteiger partial charge in [0.1, 0.15) is 0 Å². The van der Waals surface area contributed by atoms with Crippen LogP contribution in [0.4, 0.5) is 0 Å². The van der Waals surface area contributed by atoms with Crippen LogP contribution in [-0.4, -0.2) is 18.5 Å². The normalized spacial score (nSPS) is 10.0. The van der Waals surface area contributed by atoms with Gasteiger partial charge < -0.3 is 10.5 Å². The van der Waals surface area contributed by atoms with Gasteiger partial charge >= 0.3 is 5.97 Å². The summed E-state index contributed by atoms with van der Waals surface area (Å²) in [6, 6.07) is 0. The van der Waals surface area contributed by atoms with E-state index in [1.165, 1.54) is 96.3 Å². The van der Waals surface area contributed by atoms with E-state index < -0.39 is 5.91 Å². The van der Waals surface area contributed by atoms with Crippen molar-refractivity contribution in [1.82, 2.24) is 0 Å². The van der Waals surface area contributed by atoms with Gasteiger partial charge in [-0.1, -0.05) is 116 Å². The van der Waals surface area contributed by atoms with Crippen LogP contribution in [0.2, 0.25) is 0 Å². The number of unbranched alkanes of at least 4 members (excludes halogenated alkanes) is 15. The molecule has 2 N–H and O–H groups in total. The number of ether oxygens (including phenoxy) is 1. The van der Waals surface area contributed by atoms with Gasteiger partial charge in [-0.15, -0.1) is 0 Å². The van der Waals surface area contributed by atoms with E-state index >= 15 is 0 Å². The summed E-state index contributed by atoms with van der Waals surface area (Å²) in [6.45, 7) is 11.2. The third-order valence-electron chi connectivity index (χ3n) is 4.78. The van der Waals surface area contributed by atoms with Crippen LogP contribution < -0.4 is 5.73 Å². The second-order valence-electron chi connectivity index (χ2n) is 7.83. The molecule has 0 aliphatic heterocycles. The molecule has 29 heavy (non-hydrogen) atoms. The standard InChI is InChI=1S/C22H42O2.C3H5NO/c1-4-5-6-7-8-9-10-11-12-13-14-15-16-17-18-19-20-24-22(23)21(2)3;1-2-3(4)5/h2,4-20H2,1,3H3;2H,1H2,(H2,4,5). The summed E-state index contributed by atoms with van der Waals surface area (Å²) in [7, 11) is 0. The Kier molecular flexibility index (Phi) is 25.0. The minimum absolute atomic E-state index is 0.254. The number of primary amides is 1. The van der Waals surface area contributed by atoms with Crippen molar-refractivity contribution in [2.45, 2.75) is 117 Å². The fraction of sp³-hybridized carbons (Fsp3) is 0.760. The van der Waals surface area contributed by atoms with Gasteiger partial charge in [0.2, 0.25) is 5.91 Å². The number of carbonyl (C=O) groups excluding carboxylic acids is 2. The van der Waals surface area contributed by atoms with Crippen molar-refractivity contribution in [2.24, 2.45) is 5.73 Å². The molecule has 0 aromatic heterocycles. The molecule has 4 heteroatoms. The highest BCUT2D eigenvalue weighted by molar-refractivity contribution is 5.86. The highest BCUT2D eigenvalue weighted by atomic mass is 16.5. The molecule has 0 spiro atoms. The van der Waals surface area contributed by atoms with Crippen LogP contribution in [0.25, 0.3) is 0 Å². The van der Waals surface area contributed by atoms with E-state index in [1.807, 2.05) is 0 Å². The number of esters is 1. The van der Waals surface area contributed by atoms with E-state index in [0.29, 0.717) is 12.2 Å². The molecule has 0 bridgehead atoms. The van der Waals surface area contributed by atoms with Gasteiger partial charge in [-0.05, 0) is 19.4 Å². The second kappa shape index (κ2) is 24.5. The first kappa shape index (κ1) is 29.6. The highest BCUT2D eigenvalue weighted by Crippen LogP contribution is 2.13. The molecule has 0 aromatic carbocycles. The van der Waals surface area contributed by atoms with Crippen LogP contribution in [0.1, 0.15) is 117 Å². The van der Waals surface area contributed by atoms with Crippen molar-refractivity contribution < 1.29 is 14.3 Å². The summed E-state index contributed by atoms with van der Waals surface area (Å²) in [4.78, 5) is 20.7. The van der Waals surface area contributed by atoms with Gasteiger partial charge in [0.05, 0.1) is 6.61 Å². The van der Waals surface area contributed by atoms with Crippen LogP contribution in [0.5, 0.6) is 0 Å². The van der Waals surface area contributed by atoms with E-state index in [2.05, 4.69) is 25.8 Å². The minimum atomic E-state index is -0.481. The van der Waals surface area contributed by atoms with Crippen LogP contribution >= 0.6 is 0 Å². The lowest BCUT2D eigenvalue weighted by atomic mass is 10.0. The first-order chi connectivity index (χ1) is 14.0. The molecular formula is C25H47NO3. The van der Waals surface area contributed by atoms with Crippen molar-refractivity contribution in [3.8, 4) is 0 Å². The molecular weight excluding hydrogens is 362 g/mol. The predicted molar refractivity (Wildman–Crippen MR) is 125 cm³/mol. The molecule has 0 aliphatic rings. The maximum atomic E-state index is 11.2. The molecule has 4 nitrogen and oxygen atoms in total. The fourth-order valence-corrected chi connectivity index (χ4v) is 2.94. The van der Waals surface area contributed by atoms with E-state index in [0.717, 1.165) is 12.5 Å². The SMILES string of the molecule is C=C(C)C(=O)OCCCCCCCCCCCCCCCCCC.C=CC(N)=O. The van der Waals surface area contributed by atoms with Crippen LogP contribution in [0.3, 0.4) is 0 Å². The number of hydrogen-bond acceptors (Lipinski definition) is 3. The van der Waals surface area contributed by atoms with Crippen molar-refractivity contribution in [3.63, 3.8) is 0 Å². The van der Waals surface area contributed by atoms with Gasteiger partial charge in [-0.2, -0.15) is 0 Å². The van der Waals surface area contributed by atoms with Gasteiger partial charge in [0.15, 0.2) is 0 Å². The van der Waals surface area contributed by atoms with Crippen molar-refractivity contribution >= 4 is 11.9 Å². The Morgan fingerprint density at radius 2 is 1.07 bits per heavy atom. The third-order valence-corrected chi connectivity index (χ3v) is 4.78. The van der Waals surface area contributed by atoms with E-state index in [9.17, 15) is 9.59 Å². The molecule has 0 atom stereocenters. The summed E-state index contributed by atoms with van der Waals surface area (Å²) < 4.78 is 5.08. The highest BCUT2D eigenvalue weighted by Gasteiger charge is 2.01. The summed E-state index contributed by atoms with van der Waals surface area (Å²) in [5.41, 5.74) is 5.03. The van der Waals surface area contributed by atoms with Crippen LogP contribution in [0, 0.1) is 0 Å². The summed E-state index contributed by atoms with van der Waals surface area (Å²) in [5, 5.41) is 0. The molecule has 0 fully saturated rings. The first-order valence-electron chi connectivity index (χ1n) is 11.7. The number of amides is 1. The Hall–Kier alpha value is -1.58. The van der Waals surface area contributed by atoms with Crippen molar-refractivity contribution in [3.05, 3.63) is 24.8 Å². The number of rotatable bonds is 19. The molecule has 0 heterocycles. The van der Waals surface area contributed by atoms with Crippen LogP contribution in [0.15, 0.2) is 24.8 Å². The van der Waals surface area contributed by atoms with E-state index in [4.69, 9.17) is 4.74 Å². The molecule has 0 unspecified atom stereocenters. The van der Waals surface area contributed by atoms with Gasteiger partial charge in [0, 0.05) is 5.57 Å². The monoisotopic (exact) mass is 409 g/mol. The Morgan fingerprint density at radius 1 is 0.759 bits per heavy atom. The molecule has 0 saturated heterocycles. The second-order valence-corrected chi connectivity index (χ2v) is 7.83. The Bertz CT molecular complexity index is 418.